The Morgan fingerprint density at radius 1 is 1.22 bits per heavy atom. The molecule has 3 rings (SSSR count). The summed E-state index contributed by atoms with van der Waals surface area (Å²) in [5.74, 6) is 0.787. The van der Waals surface area contributed by atoms with Crippen LogP contribution in [-0.4, -0.2) is 23.5 Å². The molecule has 0 unspecified atom stereocenters. The lowest BCUT2D eigenvalue weighted by Crippen LogP contribution is -2.36. The van der Waals surface area contributed by atoms with Gasteiger partial charge >= 0.3 is 0 Å². The maximum atomic E-state index is 12.5. The Kier molecular flexibility index (Phi) is 5.01. The number of amides is 1. The van der Waals surface area contributed by atoms with Gasteiger partial charge < -0.3 is 9.64 Å². The van der Waals surface area contributed by atoms with Crippen LogP contribution < -0.4 is 4.74 Å². The second-order valence-electron chi connectivity index (χ2n) is 5.98. The molecule has 0 saturated heterocycles. The highest BCUT2D eigenvalue weighted by Gasteiger charge is 2.32. The predicted octanol–water partition coefficient (Wildman–Crippen LogP) is 4.33. The van der Waals surface area contributed by atoms with Gasteiger partial charge in [0.2, 0.25) is 0 Å². The minimum atomic E-state index is 0.0491. The number of rotatable bonds is 6. The van der Waals surface area contributed by atoms with Crippen LogP contribution in [0.4, 0.5) is 0 Å². The van der Waals surface area contributed by atoms with Gasteiger partial charge in [0.25, 0.3) is 5.91 Å². The van der Waals surface area contributed by atoms with Gasteiger partial charge in [0, 0.05) is 17.1 Å². The van der Waals surface area contributed by atoms with E-state index in [1.807, 2.05) is 54.3 Å². The van der Waals surface area contributed by atoms with Crippen molar-refractivity contribution >= 4 is 21.8 Å². The van der Waals surface area contributed by atoms with Crippen LogP contribution in [0.2, 0.25) is 0 Å². The number of nitrogens with zero attached hydrogens (tertiary/aromatic N) is 1. The van der Waals surface area contributed by atoms with E-state index in [9.17, 15) is 4.79 Å². The molecule has 1 aliphatic carbocycles. The van der Waals surface area contributed by atoms with Crippen molar-refractivity contribution in [2.75, 3.05) is 6.61 Å². The maximum absolute atomic E-state index is 12.5. The largest absolute Gasteiger partial charge is 0.484 e. The molecule has 2 aromatic rings. The van der Waals surface area contributed by atoms with Crippen molar-refractivity contribution in [1.29, 1.82) is 0 Å². The van der Waals surface area contributed by atoms with E-state index in [4.69, 9.17) is 4.74 Å². The summed E-state index contributed by atoms with van der Waals surface area (Å²) in [6.45, 7) is 2.76. The molecule has 0 heterocycles. The maximum Gasteiger partial charge on any atom is 0.261 e. The number of ether oxygens (including phenoxy) is 1. The Hall–Kier alpha value is -1.81. The van der Waals surface area contributed by atoms with Crippen molar-refractivity contribution in [1.82, 2.24) is 4.90 Å². The molecule has 1 saturated carbocycles. The number of hydrogen-bond acceptors (Lipinski definition) is 2. The minimum Gasteiger partial charge on any atom is -0.484 e. The molecule has 0 spiro atoms. The zero-order valence-electron chi connectivity index (χ0n) is 13.2. The molecule has 23 heavy (non-hydrogen) atoms. The summed E-state index contributed by atoms with van der Waals surface area (Å²) in [6, 6.07) is 16.2. The average Bonchev–Trinajstić information content (AvgIpc) is 3.36. The highest BCUT2D eigenvalue weighted by Crippen LogP contribution is 2.29. The SMILES string of the molecule is Cc1ccc(OCC(=O)N(Cc2cccc(Br)c2)C2CC2)cc1. The quantitative estimate of drug-likeness (QED) is 0.754. The smallest absolute Gasteiger partial charge is 0.261 e. The van der Waals surface area contributed by atoms with Gasteiger partial charge in [-0.2, -0.15) is 0 Å². The van der Waals surface area contributed by atoms with Crippen LogP contribution in [0.1, 0.15) is 24.0 Å². The lowest BCUT2D eigenvalue weighted by Gasteiger charge is -2.23. The van der Waals surface area contributed by atoms with Gasteiger partial charge in [0.15, 0.2) is 6.61 Å². The third kappa shape index (κ3) is 4.58. The number of carbonyl (C=O) groups is 1. The zero-order valence-corrected chi connectivity index (χ0v) is 14.8. The number of benzene rings is 2. The zero-order chi connectivity index (χ0) is 16.2. The molecule has 1 fully saturated rings. The van der Waals surface area contributed by atoms with Crippen molar-refractivity contribution < 1.29 is 9.53 Å². The van der Waals surface area contributed by atoms with Gasteiger partial charge in [0.1, 0.15) is 5.75 Å². The average molecular weight is 374 g/mol. The summed E-state index contributed by atoms with van der Waals surface area (Å²) in [5, 5.41) is 0. The summed E-state index contributed by atoms with van der Waals surface area (Å²) >= 11 is 3.48. The van der Waals surface area contributed by atoms with E-state index in [2.05, 4.69) is 22.0 Å². The van der Waals surface area contributed by atoms with Crippen molar-refractivity contribution in [2.45, 2.75) is 32.4 Å². The number of carbonyl (C=O) groups excluding carboxylic acids is 1. The Balaban J connectivity index is 1.61. The first-order valence-electron chi connectivity index (χ1n) is 7.85. The van der Waals surface area contributed by atoms with Crippen LogP contribution in [-0.2, 0) is 11.3 Å². The fourth-order valence-corrected chi connectivity index (χ4v) is 2.95. The third-order valence-electron chi connectivity index (χ3n) is 3.93. The van der Waals surface area contributed by atoms with Gasteiger partial charge in [-0.3, -0.25) is 4.79 Å². The fourth-order valence-electron chi connectivity index (χ4n) is 2.50. The van der Waals surface area contributed by atoms with E-state index in [1.54, 1.807) is 0 Å². The van der Waals surface area contributed by atoms with Crippen molar-refractivity contribution in [3.8, 4) is 5.75 Å². The van der Waals surface area contributed by atoms with Crippen LogP contribution in [0.5, 0.6) is 5.75 Å². The first kappa shape index (κ1) is 16.1. The Labute approximate surface area is 145 Å². The van der Waals surface area contributed by atoms with E-state index in [-0.39, 0.29) is 12.5 Å². The molecule has 1 aliphatic rings. The van der Waals surface area contributed by atoms with Gasteiger partial charge in [-0.25, -0.2) is 0 Å². The molecule has 0 bridgehead atoms. The predicted molar refractivity (Wildman–Crippen MR) is 94.4 cm³/mol. The number of hydrogen-bond donors (Lipinski definition) is 0. The standard InChI is InChI=1S/C19H20BrNO2/c1-14-5-9-18(10-6-14)23-13-19(22)21(17-7-8-17)12-15-3-2-4-16(20)11-15/h2-6,9-11,17H,7-8,12-13H2,1H3. The van der Waals surface area contributed by atoms with Gasteiger partial charge in [-0.1, -0.05) is 45.8 Å². The van der Waals surface area contributed by atoms with Crippen LogP contribution in [0.3, 0.4) is 0 Å². The molecule has 3 nitrogen and oxygen atoms in total. The lowest BCUT2D eigenvalue weighted by atomic mass is 10.2. The Morgan fingerprint density at radius 3 is 2.61 bits per heavy atom. The summed E-state index contributed by atoms with van der Waals surface area (Å²) in [5.41, 5.74) is 2.31. The van der Waals surface area contributed by atoms with Crippen LogP contribution in [0.15, 0.2) is 53.0 Å². The van der Waals surface area contributed by atoms with Gasteiger partial charge in [-0.05, 0) is 49.6 Å². The molecular weight excluding hydrogens is 354 g/mol. The third-order valence-corrected chi connectivity index (χ3v) is 4.43. The second kappa shape index (κ2) is 7.18. The van der Waals surface area contributed by atoms with Crippen LogP contribution >= 0.6 is 15.9 Å². The van der Waals surface area contributed by atoms with Gasteiger partial charge in [-0.15, -0.1) is 0 Å². The monoisotopic (exact) mass is 373 g/mol. The van der Waals surface area contributed by atoms with E-state index in [0.717, 1.165) is 28.6 Å². The minimum absolute atomic E-state index is 0.0491. The lowest BCUT2D eigenvalue weighted by molar-refractivity contribution is -0.134. The molecule has 0 radical (unpaired) electrons. The Bertz CT molecular complexity index is 680. The molecule has 1 amide bonds. The molecule has 4 heteroatoms. The van der Waals surface area contributed by atoms with Crippen molar-refractivity contribution in [3.63, 3.8) is 0 Å². The first-order chi connectivity index (χ1) is 11.1. The van der Waals surface area contributed by atoms with Gasteiger partial charge in [0.05, 0.1) is 0 Å². The number of halogens is 1. The molecule has 2 aromatic carbocycles. The highest BCUT2D eigenvalue weighted by molar-refractivity contribution is 9.10. The summed E-state index contributed by atoms with van der Waals surface area (Å²) < 4.78 is 6.68. The molecular formula is C19H20BrNO2. The fraction of sp³-hybridized carbons (Fsp3) is 0.316. The van der Waals surface area contributed by atoms with Crippen molar-refractivity contribution in [3.05, 3.63) is 64.1 Å². The molecule has 0 aliphatic heterocycles. The first-order valence-corrected chi connectivity index (χ1v) is 8.64. The summed E-state index contributed by atoms with van der Waals surface area (Å²) in [7, 11) is 0. The highest BCUT2D eigenvalue weighted by atomic mass is 79.9. The van der Waals surface area contributed by atoms with E-state index >= 15 is 0 Å². The normalized spacial score (nSPS) is 13.7. The summed E-state index contributed by atoms with van der Waals surface area (Å²) in [4.78, 5) is 14.5. The van der Waals surface area contributed by atoms with Crippen LogP contribution in [0.25, 0.3) is 0 Å². The number of aryl methyl sites for hydroxylation is 1. The molecule has 0 atom stereocenters. The molecule has 0 aromatic heterocycles. The van der Waals surface area contributed by atoms with Crippen LogP contribution in [0, 0.1) is 6.92 Å². The van der Waals surface area contributed by atoms with Crippen molar-refractivity contribution in [2.24, 2.45) is 0 Å². The summed E-state index contributed by atoms with van der Waals surface area (Å²) in [6.07, 6.45) is 2.18. The topological polar surface area (TPSA) is 29.5 Å². The Morgan fingerprint density at radius 2 is 1.96 bits per heavy atom. The molecule has 0 N–H and O–H groups in total. The van der Waals surface area contributed by atoms with E-state index < -0.39 is 0 Å². The second-order valence-corrected chi connectivity index (χ2v) is 6.90. The van der Waals surface area contributed by atoms with E-state index in [1.165, 1.54) is 5.56 Å². The van der Waals surface area contributed by atoms with E-state index in [0.29, 0.717) is 12.6 Å². The molecule has 120 valence electrons.